The van der Waals surface area contributed by atoms with Crippen molar-refractivity contribution in [3.8, 4) is 5.19 Å². The smallest absolute Gasteiger partial charge is 0.274 e. The SMILES string of the molecule is Cn1nccc1C(=O)N1CCC(Oc2nc3ccc(F)cc3s2)CC1. The maximum Gasteiger partial charge on any atom is 0.274 e. The Hall–Kier alpha value is -2.48. The Morgan fingerprint density at radius 3 is 2.84 bits per heavy atom. The number of amides is 1. The van der Waals surface area contributed by atoms with E-state index in [4.69, 9.17) is 4.74 Å². The number of thiazole rings is 1. The lowest BCUT2D eigenvalue weighted by atomic mass is 10.1. The van der Waals surface area contributed by atoms with Gasteiger partial charge in [0.25, 0.3) is 11.1 Å². The van der Waals surface area contributed by atoms with E-state index in [2.05, 4.69) is 10.1 Å². The number of aromatic nitrogens is 3. The lowest BCUT2D eigenvalue weighted by Crippen LogP contribution is -2.42. The molecule has 6 nitrogen and oxygen atoms in total. The summed E-state index contributed by atoms with van der Waals surface area (Å²) in [6.07, 6.45) is 3.13. The maximum atomic E-state index is 13.3. The van der Waals surface area contributed by atoms with Crippen LogP contribution in [-0.2, 0) is 7.05 Å². The van der Waals surface area contributed by atoms with Crippen molar-refractivity contribution in [1.29, 1.82) is 0 Å². The average Bonchev–Trinajstić information content (AvgIpc) is 3.20. The van der Waals surface area contributed by atoms with Crippen molar-refractivity contribution >= 4 is 27.5 Å². The lowest BCUT2D eigenvalue weighted by Gasteiger charge is -2.31. The summed E-state index contributed by atoms with van der Waals surface area (Å²) in [4.78, 5) is 18.7. The molecular weight excluding hydrogens is 343 g/mol. The van der Waals surface area contributed by atoms with E-state index in [0.29, 0.717) is 24.0 Å². The standard InChI is InChI=1S/C17H17FN4O2S/c1-21-14(4-7-19-21)16(23)22-8-5-12(6-9-22)24-17-20-13-3-2-11(18)10-15(13)25-17/h2-4,7,10,12H,5-6,8-9H2,1H3. The van der Waals surface area contributed by atoms with Gasteiger partial charge in [0.15, 0.2) is 0 Å². The fraction of sp³-hybridized carbons (Fsp3) is 0.353. The van der Waals surface area contributed by atoms with Crippen LogP contribution >= 0.6 is 11.3 Å². The predicted octanol–water partition coefficient (Wildman–Crippen LogP) is 2.85. The number of carbonyl (C=O) groups excluding carboxylic acids is 1. The molecule has 130 valence electrons. The largest absolute Gasteiger partial charge is 0.467 e. The van der Waals surface area contributed by atoms with Gasteiger partial charge in [0.05, 0.1) is 10.2 Å². The predicted molar refractivity (Wildman–Crippen MR) is 92.3 cm³/mol. The van der Waals surface area contributed by atoms with E-state index in [1.54, 1.807) is 30.1 Å². The first-order chi connectivity index (χ1) is 12.1. The third kappa shape index (κ3) is 3.21. The number of hydrogen-bond acceptors (Lipinski definition) is 5. The fourth-order valence-corrected chi connectivity index (χ4v) is 3.90. The number of fused-ring (bicyclic) bond motifs is 1. The first-order valence-corrected chi connectivity index (χ1v) is 8.92. The van der Waals surface area contributed by atoms with Crippen molar-refractivity contribution in [2.24, 2.45) is 7.05 Å². The minimum Gasteiger partial charge on any atom is -0.467 e. The zero-order chi connectivity index (χ0) is 17.4. The first-order valence-electron chi connectivity index (χ1n) is 8.10. The molecule has 0 N–H and O–H groups in total. The Labute approximate surface area is 147 Å². The Morgan fingerprint density at radius 1 is 1.32 bits per heavy atom. The number of likely N-dealkylation sites (tertiary alicyclic amines) is 1. The normalized spacial score (nSPS) is 15.7. The van der Waals surface area contributed by atoms with Gasteiger partial charge >= 0.3 is 0 Å². The van der Waals surface area contributed by atoms with E-state index in [1.807, 2.05) is 4.90 Å². The molecule has 0 radical (unpaired) electrons. The molecule has 3 aromatic rings. The number of halogens is 1. The van der Waals surface area contributed by atoms with Crippen molar-refractivity contribution in [2.45, 2.75) is 18.9 Å². The van der Waals surface area contributed by atoms with Crippen LogP contribution in [0.25, 0.3) is 10.2 Å². The molecule has 0 unspecified atom stereocenters. The summed E-state index contributed by atoms with van der Waals surface area (Å²) in [6, 6.07) is 6.25. The van der Waals surface area contributed by atoms with E-state index in [1.165, 1.54) is 23.5 Å². The summed E-state index contributed by atoms with van der Waals surface area (Å²) < 4.78 is 21.6. The highest BCUT2D eigenvalue weighted by Crippen LogP contribution is 2.30. The highest BCUT2D eigenvalue weighted by atomic mass is 32.1. The van der Waals surface area contributed by atoms with E-state index in [-0.39, 0.29) is 17.8 Å². The third-order valence-electron chi connectivity index (χ3n) is 4.37. The Kier molecular flexibility index (Phi) is 4.12. The highest BCUT2D eigenvalue weighted by molar-refractivity contribution is 7.20. The van der Waals surface area contributed by atoms with Gasteiger partial charge in [-0.15, -0.1) is 0 Å². The first kappa shape index (κ1) is 16.0. The minimum atomic E-state index is -0.273. The van der Waals surface area contributed by atoms with Gasteiger partial charge in [0.2, 0.25) is 0 Å². The van der Waals surface area contributed by atoms with Crippen molar-refractivity contribution in [3.63, 3.8) is 0 Å². The van der Waals surface area contributed by atoms with Crippen molar-refractivity contribution in [1.82, 2.24) is 19.7 Å². The molecule has 4 rings (SSSR count). The second kappa shape index (κ2) is 6.44. The fourth-order valence-electron chi connectivity index (χ4n) is 2.99. The molecule has 0 atom stereocenters. The number of nitrogens with zero attached hydrogens (tertiary/aromatic N) is 4. The van der Waals surface area contributed by atoms with Crippen LogP contribution in [0.5, 0.6) is 5.19 Å². The molecule has 3 heterocycles. The van der Waals surface area contributed by atoms with Crippen molar-refractivity contribution in [2.75, 3.05) is 13.1 Å². The van der Waals surface area contributed by atoms with Crippen LogP contribution in [-0.4, -0.2) is 44.8 Å². The van der Waals surface area contributed by atoms with Crippen molar-refractivity contribution < 1.29 is 13.9 Å². The molecular formula is C17H17FN4O2S. The van der Waals surface area contributed by atoms with E-state index < -0.39 is 0 Å². The second-order valence-electron chi connectivity index (χ2n) is 6.04. The molecule has 0 saturated carbocycles. The van der Waals surface area contributed by atoms with Gasteiger partial charge in [-0.05, 0) is 24.3 Å². The zero-order valence-electron chi connectivity index (χ0n) is 13.7. The van der Waals surface area contributed by atoms with E-state index >= 15 is 0 Å². The number of ether oxygens (including phenoxy) is 1. The number of aryl methyl sites for hydroxylation is 1. The second-order valence-corrected chi connectivity index (χ2v) is 7.03. The van der Waals surface area contributed by atoms with Crippen LogP contribution in [0.2, 0.25) is 0 Å². The summed E-state index contributed by atoms with van der Waals surface area (Å²) in [5.41, 5.74) is 1.33. The Balaban J connectivity index is 1.38. The van der Waals surface area contributed by atoms with Gasteiger partial charge in [-0.3, -0.25) is 9.48 Å². The number of benzene rings is 1. The van der Waals surface area contributed by atoms with Crippen LogP contribution < -0.4 is 4.74 Å². The van der Waals surface area contributed by atoms with E-state index in [9.17, 15) is 9.18 Å². The molecule has 8 heteroatoms. The minimum absolute atomic E-state index is 0.00564. The Morgan fingerprint density at radius 2 is 2.12 bits per heavy atom. The van der Waals surface area contributed by atoms with Crippen LogP contribution in [0, 0.1) is 5.82 Å². The van der Waals surface area contributed by atoms with Crippen LogP contribution in [0.1, 0.15) is 23.3 Å². The molecule has 25 heavy (non-hydrogen) atoms. The summed E-state index contributed by atoms with van der Waals surface area (Å²) in [6.45, 7) is 1.27. The molecule has 1 aliphatic heterocycles. The number of rotatable bonds is 3. The number of carbonyl (C=O) groups is 1. The summed E-state index contributed by atoms with van der Waals surface area (Å²) >= 11 is 1.35. The van der Waals surface area contributed by atoms with Gasteiger partial charge in [0, 0.05) is 39.2 Å². The van der Waals surface area contributed by atoms with Gasteiger partial charge in [-0.1, -0.05) is 11.3 Å². The zero-order valence-corrected chi connectivity index (χ0v) is 14.5. The molecule has 2 aromatic heterocycles. The van der Waals surface area contributed by atoms with Gasteiger partial charge in [-0.25, -0.2) is 9.37 Å². The molecule has 1 aromatic carbocycles. The van der Waals surface area contributed by atoms with Gasteiger partial charge < -0.3 is 9.64 Å². The summed E-state index contributed by atoms with van der Waals surface area (Å²) in [5.74, 6) is -0.279. The molecule has 1 saturated heterocycles. The van der Waals surface area contributed by atoms with Crippen LogP contribution in [0.3, 0.4) is 0 Å². The number of hydrogen-bond donors (Lipinski definition) is 0. The number of piperidine rings is 1. The average molecular weight is 360 g/mol. The van der Waals surface area contributed by atoms with Gasteiger partial charge in [-0.2, -0.15) is 5.10 Å². The lowest BCUT2D eigenvalue weighted by molar-refractivity contribution is 0.0585. The topological polar surface area (TPSA) is 60.2 Å². The summed E-state index contributed by atoms with van der Waals surface area (Å²) in [7, 11) is 1.76. The van der Waals surface area contributed by atoms with Gasteiger partial charge in [0.1, 0.15) is 17.6 Å². The molecule has 0 bridgehead atoms. The molecule has 1 amide bonds. The molecule has 1 fully saturated rings. The van der Waals surface area contributed by atoms with E-state index in [0.717, 1.165) is 23.1 Å². The quantitative estimate of drug-likeness (QED) is 0.721. The highest BCUT2D eigenvalue weighted by Gasteiger charge is 2.26. The van der Waals surface area contributed by atoms with Crippen LogP contribution in [0.15, 0.2) is 30.5 Å². The van der Waals surface area contributed by atoms with Crippen LogP contribution in [0.4, 0.5) is 4.39 Å². The molecule has 1 aliphatic rings. The summed E-state index contributed by atoms with van der Waals surface area (Å²) in [5, 5.41) is 4.59. The Bertz CT molecular complexity index is 914. The maximum absolute atomic E-state index is 13.3. The molecule has 0 aliphatic carbocycles. The van der Waals surface area contributed by atoms with Crippen molar-refractivity contribution in [3.05, 3.63) is 42.0 Å². The monoisotopic (exact) mass is 360 g/mol. The third-order valence-corrected chi connectivity index (χ3v) is 5.28. The molecule has 0 spiro atoms.